The molecule has 1 aromatic heterocycles. The number of thiophene rings is 1. The SMILES string of the molecule is Cc1cccc(NC(=O)c2c(NC(=O)c3cccc(Br)c3)sc3c2CCC(C(C)(C)C)C3)c1. The molecule has 1 unspecified atom stereocenters. The normalized spacial score (nSPS) is 15.6. The second-order valence-corrected chi connectivity index (χ2v) is 11.8. The predicted octanol–water partition coefficient (Wildman–Crippen LogP) is 7.47. The first kappa shape index (κ1) is 23.7. The Bertz CT molecular complexity index is 1210. The van der Waals surface area contributed by atoms with Gasteiger partial charge in [0.1, 0.15) is 5.00 Å². The van der Waals surface area contributed by atoms with Crippen LogP contribution in [0.15, 0.2) is 53.0 Å². The smallest absolute Gasteiger partial charge is 0.258 e. The van der Waals surface area contributed by atoms with Crippen LogP contribution in [0.25, 0.3) is 0 Å². The van der Waals surface area contributed by atoms with Gasteiger partial charge >= 0.3 is 0 Å². The van der Waals surface area contributed by atoms with E-state index in [2.05, 4.69) is 47.3 Å². The van der Waals surface area contributed by atoms with Crippen LogP contribution in [0.1, 0.15) is 63.9 Å². The highest BCUT2D eigenvalue weighted by atomic mass is 79.9. The molecule has 0 fully saturated rings. The van der Waals surface area contributed by atoms with Crippen molar-refractivity contribution >= 4 is 49.8 Å². The minimum absolute atomic E-state index is 0.170. The summed E-state index contributed by atoms with van der Waals surface area (Å²) in [5.74, 6) is 0.161. The van der Waals surface area contributed by atoms with Crippen molar-refractivity contribution in [1.82, 2.24) is 0 Å². The minimum Gasteiger partial charge on any atom is -0.322 e. The highest BCUT2D eigenvalue weighted by Gasteiger charge is 2.34. The first-order valence-corrected chi connectivity index (χ1v) is 12.8. The zero-order chi connectivity index (χ0) is 23.8. The first-order chi connectivity index (χ1) is 15.6. The van der Waals surface area contributed by atoms with E-state index in [1.165, 1.54) is 4.88 Å². The molecule has 0 saturated carbocycles. The summed E-state index contributed by atoms with van der Waals surface area (Å²) in [6, 6.07) is 15.0. The summed E-state index contributed by atoms with van der Waals surface area (Å²) >= 11 is 4.97. The van der Waals surface area contributed by atoms with Crippen molar-refractivity contribution in [3.05, 3.63) is 80.1 Å². The number of fused-ring (bicyclic) bond motifs is 1. The highest BCUT2D eigenvalue weighted by Crippen LogP contribution is 2.44. The van der Waals surface area contributed by atoms with Crippen molar-refractivity contribution in [2.45, 2.75) is 47.0 Å². The Labute approximate surface area is 207 Å². The fraction of sp³-hybridized carbons (Fsp3) is 0.333. The van der Waals surface area contributed by atoms with Gasteiger partial charge in [-0.3, -0.25) is 9.59 Å². The van der Waals surface area contributed by atoms with Crippen LogP contribution in [0.5, 0.6) is 0 Å². The predicted molar refractivity (Wildman–Crippen MR) is 141 cm³/mol. The van der Waals surface area contributed by atoms with Gasteiger partial charge in [-0.2, -0.15) is 0 Å². The molecule has 0 aliphatic heterocycles. The summed E-state index contributed by atoms with van der Waals surface area (Å²) in [6.45, 7) is 8.82. The number of rotatable bonds is 4. The van der Waals surface area contributed by atoms with Crippen LogP contribution in [0.4, 0.5) is 10.7 Å². The molecule has 2 amide bonds. The average molecular weight is 526 g/mol. The van der Waals surface area contributed by atoms with E-state index >= 15 is 0 Å². The van der Waals surface area contributed by atoms with Gasteiger partial charge in [0.05, 0.1) is 5.56 Å². The van der Waals surface area contributed by atoms with Crippen molar-refractivity contribution in [3.8, 4) is 0 Å². The Morgan fingerprint density at radius 1 is 1.03 bits per heavy atom. The number of halogens is 1. The summed E-state index contributed by atoms with van der Waals surface area (Å²) in [5, 5.41) is 6.72. The Morgan fingerprint density at radius 2 is 1.79 bits per heavy atom. The molecule has 4 nitrogen and oxygen atoms in total. The zero-order valence-corrected chi connectivity index (χ0v) is 21.8. The van der Waals surface area contributed by atoms with Crippen molar-refractivity contribution in [2.75, 3.05) is 10.6 Å². The molecule has 0 radical (unpaired) electrons. The van der Waals surface area contributed by atoms with Crippen molar-refractivity contribution in [2.24, 2.45) is 11.3 Å². The zero-order valence-electron chi connectivity index (χ0n) is 19.4. The number of carbonyl (C=O) groups is 2. The van der Waals surface area contributed by atoms with E-state index in [4.69, 9.17) is 0 Å². The van der Waals surface area contributed by atoms with Crippen LogP contribution >= 0.6 is 27.3 Å². The molecular formula is C27H29BrN2O2S. The topological polar surface area (TPSA) is 58.2 Å². The van der Waals surface area contributed by atoms with Gasteiger partial charge in [0.2, 0.25) is 0 Å². The number of nitrogens with one attached hydrogen (secondary N) is 2. The Morgan fingerprint density at radius 3 is 2.48 bits per heavy atom. The second-order valence-electron chi connectivity index (χ2n) is 9.80. The molecular weight excluding hydrogens is 496 g/mol. The number of amides is 2. The number of carbonyl (C=O) groups excluding carboxylic acids is 2. The van der Waals surface area contributed by atoms with Gasteiger partial charge in [-0.25, -0.2) is 0 Å². The average Bonchev–Trinajstić information content (AvgIpc) is 3.10. The molecule has 2 N–H and O–H groups in total. The lowest BCUT2D eigenvalue weighted by Crippen LogP contribution is -2.27. The molecule has 4 rings (SSSR count). The second kappa shape index (κ2) is 9.43. The maximum absolute atomic E-state index is 13.5. The van der Waals surface area contributed by atoms with Crippen LogP contribution in [0.3, 0.4) is 0 Å². The molecule has 1 heterocycles. The molecule has 2 aromatic carbocycles. The molecule has 0 bridgehead atoms. The van der Waals surface area contributed by atoms with Crippen LogP contribution in [-0.4, -0.2) is 11.8 Å². The van der Waals surface area contributed by atoms with Gasteiger partial charge in [0.15, 0.2) is 0 Å². The van der Waals surface area contributed by atoms with E-state index in [1.54, 1.807) is 23.5 Å². The van der Waals surface area contributed by atoms with Gasteiger partial charge in [0, 0.05) is 20.6 Å². The molecule has 0 saturated heterocycles. The molecule has 0 spiro atoms. The Kier molecular flexibility index (Phi) is 6.78. The number of hydrogen-bond acceptors (Lipinski definition) is 3. The monoisotopic (exact) mass is 524 g/mol. The number of benzene rings is 2. The Hall–Kier alpha value is -2.44. The molecule has 33 heavy (non-hydrogen) atoms. The maximum Gasteiger partial charge on any atom is 0.258 e. The summed E-state index contributed by atoms with van der Waals surface area (Å²) < 4.78 is 0.839. The van der Waals surface area contributed by atoms with Crippen molar-refractivity contribution in [3.63, 3.8) is 0 Å². The summed E-state index contributed by atoms with van der Waals surface area (Å²) in [5.41, 5.74) is 4.27. The lowest BCUT2D eigenvalue weighted by Gasteiger charge is -2.33. The van der Waals surface area contributed by atoms with Crippen LogP contribution < -0.4 is 10.6 Å². The molecule has 172 valence electrons. The van der Waals surface area contributed by atoms with Gasteiger partial charge in [-0.15, -0.1) is 11.3 Å². The standard InChI is InChI=1S/C27H29BrN2O2S/c1-16-7-5-10-20(13-16)29-25(32)23-21-12-11-18(27(2,3)4)15-22(21)33-26(23)30-24(31)17-8-6-9-19(28)14-17/h5-10,13-14,18H,11-12,15H2,1-4H3,(H,29,32)(H,30,31). The minimum atomic E-state index is -0.216. The van der Waals surface area contributed by atoms with Crippen LogP contribution in [-0.2, 0) is 12.8 Å². The van der Waals surface area contributed by atoms with E-state index in [9.17, 15) is 9.59 Å². The molecule has 1 aliphatic carbocycles. The fourth-order valence-electron chi connectivity index (χ4n) is 4.37. The van der Waals surface area contributed by atoms with Gasteiger partial charge < -0.3 is 10.6 Å². The fourth-order valence-corrected chi connectivity index (χ4v) is 6.09. The van der Waals surface area contributed by atoms with Gasteiger partial charge in [-0.05, 0) is 79.0 Å². The number of anilines is 2. The molecule has 3 aromatic rings. The molecule has 1 atom stereocenters. The highest BCUT2D eigenvalue weighted by molar-refractivity contribution is 9.10. The van der Waals surface area contributed by atoms with Gasteiger partial charge in [0.25, 0.3) is 11.8 Å². The first-order valence-electron chi connectivity index (χ1n) is 11.2. The van der Waals surface area contributed by atoms with E-state index in [-0.39, 0.29) is 17.2 Å². The van der Waals surface area contributed by atoms with E-state index in [0.717, 1.165) is 40.5 Å². The van der Waals surface area contributed by atoms with Crippen molar-refractivity contribution in [1.29, 1.82) is 0 Å². The molecule has 1 aliphatic rings. The Balaban J connectivity index is 1.69. The third kappa shape index (κ3) is 5.39. The number of hydrogen-bond donors (Lipinski definition) is 2. The quantitative estimate of drug-likeness (QED) is 0.371. The summed E-state index contributed by atoms with van der Waals surface area (Å²) in [4.78, 5) is 27.7. The van der Waals surface area contributed by atoms with Gasteiger partial charge in [-0.1, -0.05) is 54.9 Å². The lowest BCUT2D eigenvalue weighted by atomic mass is 9.72. The van der Waals surface area contributed by atoms with E-state index in [0.29, 0.717) is 22.0 Å². The van der Waals surface area contributed by atoms with Crippen molar-refractivity contribution < 1.29 is 9.59 Å². The molecule has 6 heteroatoms. The van der Waals surface area contributed by atoms with Crippen LogP contribution in [0.2, 0.25) is 0 Å². The third-order valence-corrected chi connectivity index (χ3v) is 7.97. The summed E-state index contributed by atoms with van der Waals surface area (Å²) in [6.07, 6.45) is 2.81. The maximum atomic E-state index is 13.5. The van der Waals surface area contributed by atoms with E-state index in [1.807, 2.05) is 43.3 Å². The van der Waals surface area contributed by atoms with E-state index < -0.39 is 0 Å². The lowest BCUT2D eigenvalue weighted by molar-refractivity contribution is 0.102. The largest absolute Gasteiger partial charge is 0.322 e. The van der Waals surface area contributed by atoms with Crippen LogP contribution in [0, 0.1) is 18.3 Å². The number of aryl methyl sites for hydroxylation is 1. The summed E-state index contributed by atoms with van der Waals surface area (Å²) in [7, 11) is 0. The third-order valence-electron chi connectivity index (χ3n) is 6.31.